The van der Waals surface area contributed by atoms with Crippen molar-refractivity contribution in [3.05, 3.63) is 23.5 Å². The summed E-state index contributed by atoms with van der Waals surface area (Å²) in [6, 6.07) is 0. The van der Waals surface area contributed by atoms with E-state index in [1.807, 2.05) is 0 Å². The zero-order valence-corrected chi connectivity index (χ0v) is 5.50. The molecule has 1 aromatic heterocycles. The zero-order valence-electron chi connectivity index (χ0n) is 5.50. The Balaban J connectivity index is 2.41. The van der Waals surface area contributed by atoms with Crippen LogP contribution < -0.4 is 0 Å². The van der Waals surface area contributed by atoms with Gasteiger partial charge in [0.05, 0.1) is 19.4 Å². The van der Waals surface area contributed by atoms with Crippen molar-refractivity contribution in [3.8, 4) is 0 Å². The van der Waals surface area contributed by atoms with Crippen molar-refractivity contribution in [1.29, 1.82) is 0 Å². The maximum Gasteiger partial charge on any atom is 0.119 e. The molecule has 3 heteroatoms. The maximum atomic E-state index is 5.20. The molecule has 3 nitrogen and oxygen atoms in total. The van der Waals surface area contributed by atoms with E-state index >= 15 is 0 Å². The van der Waals surface area contributed by atoms with E-state index in [1.165, 1.54) is 5.56 Å². The van der Waals surface area contributed by atoms with Crippen LogP contribution in [0, 0.1) is 6.20 Å². The average molecular weight is 135 g/mol. The molecule has 0 unspecified atom stereocenters. The van der Waals surface area contributed by atoms with Gasteiger partial charge in [-0.25, -0.2) is 0 Å². The Morgan fingerprint density at radius 3 is 3.50 bits per heavy atom. The van der Waals surface area contributed by atoms with Gasteiger partial charge in [0.25, 0.3) is 0 Å². The van der Waals surface area contributed by atoms with Gasteiger partial charge in [0, 0.05) is 5.56 Å². The number of aromatic nitrogens is 2. The van der Waals surface area contributed by atoms with Crippen molar-refractivity contribution in [1.82, 2.24) is 10.2 Å². The van der Waals surface area contributed by atoms with Gasteiger partial charge in [0.1, 0.15) is 6.20 Å². The molecule has 51 valence electrons. The van der Waals surface area contributed by atoms with Gasteiger partial charge in [-0.1, -0.05) is 0 Å². The van der Waals surface area contributed by atoms with Crippen molar-refractivity contribution >= 4 is 0 Å². The molecule has 0 saturated heterocycles. The van der Waals surface area contributed by atoms with Gasteiger partial charge in [0.2, 0.25) is 0 Å². The summed E-state index contributed by atoms with van der Waals surface area (Å²) in [5.74, 6) is 0. The van der Waals surface area contributed by atoms with Gasteiger partial charge in [-0.05, 0) is 12.0 Å². The van der Waals surface area contributed by atoms with Crippen molar-refractivity contribution in [2.75, 3.05) is 6.61 Å². The largest absolute Gasteiger partial charge is 0.376 e. The Hall–Kier alpha value is -0.960. The predicted octanol–water partition coefficient (Wildman–Crippen LogP) is 0.349. The van der Waals surface area contributed by atoms with Gasteiger partial charge in [-0.15, -0.1) is 5.10 Å². The first-order chi connectivity index (χ1) is 4.97. The molecule has 1 aliphatic rings. The number of hydrogen-bond acceptors (Lipinski definition) is 3. The standard InChI is InChI=1S/C7H7N2O/c1-2-10-5-7-4-9-8-3-6(1)7/h3H,1-2,5H2. The maximum absolute atomic E-state index is 5.20. The van der Waals surface area contributed by atoms with Crippen LogP contribution in [0.3, 0.4) is 0 Å². The second kappa shape index (κ2) is 2.34. The van der Waals surface area contributed by atoms with Gasteiger partial charge in [0.15, 0.2) is 0 Å². The summed E-state index contributed by atoms with van der Waals surface area (Å²) in [5, 5.41) is 7.38. The van der Waals surface area contributed by atoms with Crippen LogP contribution in [0.4, 0.5) is 0 Å². The van der Waals surface area contributed by atoms with Crippen LogP contribution >= 0.6 is 0 Å². The highest BCUT2D eigenvalue weighted by Crippen LogP contribution is 2.12. The second-order valence-corrected chi connectivity index (χ2v) is 2.26. The van der Waals surface area contributed by atoms with E-state index in [-0.39, 0.29) is 0 Å². The molecule has 0 aliphatic carbocycles. The smallest absolute Gasteiger partial charge is 0.119 e. The lowest BCUT2D eigenvalue weighted by atomic mass is 10.1. The molecule has 0 atom stereocenters. The number of ether oxygens (including phenoxy) is 1. The molecule has 0 N–H and O–H groups in total. The van der Waals surface area contributed by atoms with Crippen LogP contribution in [-0.2, 0) is 17.8 Å². The first kappa shape index (κ1) is 5.80. The highest BCUT2D eigenvalue weighted by molar-refractivity contribution is 5.20. The van der Waals surface area contributed by atoms with Crippen LogP contribution in [0.15, 0.2) is 6.20 Å². The molecule has 0 spiro atoms. The molecule has 10 heavy (non-hydrogen) atoms. The number of nitrogens with zero attached hydrogens (tertiary/aromatic N) is 2. The third-order valence-corrected chi connectivity index (χ3v) is 1.61. The molecule has 0 fully saturated rings. The zero-order chi connectivity index (χ0) is 6.81. The number of rotatable bonds is 0. The molecule has 1 aromatic rings. The average Bonchev–Trinajstić information content (AvgIpc) is 2.05. The molecular formula is C7H7N2O. The Morgan fingerprint density at radius 1 is 1.60 bits per heavy atom. The minimum atomic E-state index is 0.644. The fraction of sp³-hybridized carbons (Fsp3) is 0.429. The highest BCUT2D eigenvalue weighted by Gasteiger charge is 2.08. The minimum Gasteiger partial charge on any atom is -0.376 e. The van der Waals surface area contributed by atoms with E-state index < -0.39 is 0 Å². The molecule has 2 heterocycles. The van der Waals surface area contributed by atoms with Crippen molar-refractivity contribution in [2.24, 2.45) is 0 Å². The third-order valence-electron chi connectivity index (χ3n) is 1.61. The summed E-state index contributed by atoms with van der Waals surface area (Å²) in [5.41, 5.74) is 2.28. The van der Waals surface area contributed by atoms with E-state index in [4.69, 9.17) is 4.74 Å². The van der Waals surface area contributed by atoms with E-state index in [0.717, 1.165) is 18.6 Å². The quantitative estimate of drug-likeness (QED) is 0.515. The predicted molar refractivity (Wildman–Crippen MR) is 34.2 cm³/mol. The Labute approximate surface area is 59.0 Å². The summed E-state index contributed by atoms with van der Waals surface area (Å²) >= 11 is 0. The molecule has 0 amide bonds. The van der Waals surface area contributed by atoms with Gasteiger partial charge < -0.3 is 4.74 Å². The topological polar surface area (TPSA) is 35.0 Å². The molecule has 2 rings (SSSR count). The second-order valence-electron chi connectivity index (χ2n) is 2.26. The summed E-state index contributed by atoms with van der Waals surface area (Å²) in [6.45, 7) is 1.44. The first-order valence-corrected chi connectivity index (χ1v) is 3.25. The lowest BCUT2D eigenvalue weighted by Gasteiger charge is -2.13. The Morgan fingerprint density at radius 2 is 2.60 bits per heavy atom. The Kier molecular flexibility index (Phi) is 1.36. The Bertz CT molecular complexity index is 212. The van der Waals surface area contributed by atoms with Crippen molar-refractivity contribution in [3.63, 3.8) is 0 Å². The molecule has 1 aliphatic heterocycles. The highest BCUT2D eigenvalue weighted by atomic mass is 16.5. The number of hydrogen-bond donors (Lipinski definition) is 0. The molecule has 0 saturated carbocycles. The summed E-state index contributed by atoms with van der Waals surface area (Å²) in [7, 11) is 0. The van der Waals surface area contributed by atoms with Crippen LogP contribution in [0.5, 0.6) is 0 Å². The van der Waals surface area contributed by atoms with E-state index in [1.54, 1.807) is 6.20 Å². The van der Waals surface area contributed by atoms with E-state index in [9.17, 15) is 0 Å². The van der Waals surface area contributed by atoms with Gasteiger partial charge >= 0.3 is 0 Å². The van der Waals surface area contributed by atoms with Gasteiger partial charge in [-0.2, -0.15) is 5.10 Å². The van der Waals surface area contributed by atoms with Crippen molar-refractivity contribution < 1.29 is 4.74 Å². The van der Waals surface area contributed by atoms with Crippen LogP contribution in [0.1, 0.15) is 11.1 Å². The summed E-state index contributed by atoms with van der Waals surface area (Å²) in [6.07, 6.45) is 5.53. The first-order valence-electron chi connectivity index (χ1n) is 3.25. The monoisotopic (exact) mass is 135 g/mol. The van der Waals surface area contributed by atoms with Crippen LogP contribution in [0.2, 0.25) is 0 Å². The third kappa shape index (κ3) is 0.885. The van der Waals surface area contributed by atoms with Crippen LogP contribution in [-0.4, -0.2) is 16.8 Å². The van der Waals surface area contributed by atoms with Crippen LogP contribution in [0.25, 0.3) is 0 Å². The SMILES string of the molecule is [c]1nncc2c1COCC2. The molecule has 0 aromatic carbocycles. The minimum absolute atomic E-state index is 0.644. The molecular weight excluding hydrogens is 128 g/mol. The normalized spacial score (nSPS) is 16.4. The van der Waals surface area contributed by atoms with E-state index in [2.05, 4.69) is 16.4 Å². The lowest BCUT2D eigenvalue weighted by Crippen LogP contribution is -2.10. The molecule has 1 radical (unpaired) electrons. The van der Waals surface area contributed by atoms with Crippen molar-refractivity contribution in [2.45, 2.75) is 13.0 Å². The van der Waals surface area contributed by atoms with Gasteiger partial charge in [-0.3, -0.25) is 0 Å². The fourth-order valence-electron chi connectivity index (χ4n) is 1.03. The summed E-state index contributed by atoms with van der Waals surface area (Å²) < 4.78 is 5.20. The summed E-state index contributed by atoms with van der Waals surface area (Å²) in [4.78, 5) is 0. The lowest BCUT2D eigenvalue weighted by molar-refractivity contribution is 0.110. The fourth-order valence-corrected chi connectivity index (χ4v) is 1.03. The molecule has 0 bridgehead atoms. The number of fused-ring (bicyclic) bond motifs is 1. The van der Waals surface area contributed by atoms with E-state index in [0.29, 0.717) is 6.61 Å².